The minimum Gasteiger partial charge on any atom is -0.309 e. The first kappa shape index (κ1) is 14.9. The summed E-state index contributed by atoms with van der Waals surface area (Å²) in [6.45, 7) is 1.07. The van der Waals surface area contributed by atoms with E-state index in [9.17, 15) is 0 Å². The van der Waals surface area contributed by atoms with Crippen molar-refractivity contribution in [2.45, 2.75) is 16.2 Å². The number of benzene rings is 2. The molecule has 0 radical (unpaired) electrons. The molecule has 3 heteroatoms. The third-order valence-electron chi connectivity index (χ3n) is 3.55. The first-order valence-electron chi connectivity index (χ1n) is 7.07. The van der Waals surface area contributed by atoms with Crippen molar-refractivity contribution in [1.82, 2.24) is 4.90 Å². The third kappa shape index (κ3) is 3.25. The molecule has 0 saturated carbocycles. The molecule has 0 unspecified atom stereocenters. The Morgan fingerprint density at radius 2 is 1.81 bits per heavy atom. The van der Waals surface area contributed by atoms with Crippen molar-refractivity contribution in [1.29, 1.82) is 0 Å². The normalized spacial score (nSPS) is 15.1. The summed E-state index contributed by atoms with van der Waals surface area (Å²) in [7, 11) is 4.24. The minimum absolute atomic E-state index is 1.06. The lowest BCUT2D eigenvalue weighted by atomic mass is 9.96. The van der Waals surface area contributed by atoms with Gasteiger partial charge < -0.3 is 4.90 Å². The molecule has 0 aromatic heterocycles. The summed E-state index contributed by atoms with van der Waals surface area (Å²) < 4.78 is 1.14. The summed E-state index contributed by atoms with van der Waals surface area (Å²) in [5.41, 5.74) is 4.06. The van der Waals surface area contributed by atoms with Crippen molar-refractivity contribution < 1.29 is 0 Å². The summed E-state index contributed by atoms with van der Waals surface area (Å²) in [6, 6.07) is 15.3. The highest BCUT2D eigenvalue weighted by Crippen LogP contribution is 2.46. The maximum atomic E-state index is 3.60. The molecule has 0 fully saturated rings. The van der Waals surface area contributed by atoms with Crippen LogP contribution in [0.4, 0.5) is 0 Å². The zero-order chi connectivity index (χ0) is 14.8. The van der Waals surface area contributed by atoms with E-state index in [1.54, 1.807) is 0 Å². The van der Waals surface area contributed by atoms with Crippen molar-refractivity contribution in [3.63, 3.8) is 0 Å². The zero-order valence-corrected chi connectivity index (χ0v) is 14.7. The van der Waals surface area contributed by atoms with Crippen molar-refractivity contribution in [2.75, 3.05) is 20.6 Å². The van der Waals surface area contributed by atoms with Crippen LogP contribution in [0.2, 0.25) is 0 Å². The van der Waals surface area contributed by atoms with Crippen molar-refractivity contribution >= 4 is 33.3 Å². The zero-order valence-electron chi connectivity index (χ0n) is 12.3. The molecular formula is C18H18BrNS. The van der Waals surface area contributed by atoms with Gasteiger partial charge in [0.15, 0.2) is 0 Å². The topological polar surface area (TPSA) is 3.24 Å². The van der Waals surface area contributed by atoms with Crippen molar-refractivity contribution in [3.05, 3.63) is 64.1 Å². The Morgan fingerprint density at radius 1 is 1.05 bits per heavy atom. The molecule has 3 rings (SSSR count). The molecule has 108 valence electrons. The van der Waals surface area contributed by atoms with E-state index in [2.05, 4.69) is 83.5 Å². The van der Waals surface area contributed by atoms with Gasteiger partial charge in [0.2, 0.25) is 0 Å². The predicted molar refractivity (Wildman–Crippen MR) is 95.0 cm³/mol. The molecular weight excluding hydrogens is 342 g/mol. The highest BCUT2D eigenvalue weighted by molar-refractivity contribution is 9.10. The fraction of sp³-hybridized carbons (Fsp3) is 0.222. The lowest BCUT2D eigenvalue weighted by molar-refractivity contribution is 0.417. The Kier molecular flexibility index (Phi) is 4.53. The first-order chi connectivity index (χ1) is 10.1. The molecule has 21 heavy (non-hydrogen) atoms. The largest absolute Gasteiger partial charge is 0.309 e. The van der Waals surface area contributed by atoms with Crippen LogP contribution in [0.5, 0.6) is 0 Å². The van der Waals surface area contributed by atoms with Gasteiger partial charge in [-0.3, -0.25) is 0 Å². The summed E-state index contributed by atoms with van der Waals surface area (Å²) in [5.74, 6) is 0. The quantitative estimate of drug-likeness (QED) is 0.624. The monoisotopic (exact) mass is 359 g/mol. The van der Waals surface area contributed by atoms with Gasteiger partial charge in [-0.1, -0.05) is 52.0 Å². The van der Waals surface area contributed by atoms with Gasteiger partial charge in [0.1, 0.15) is 0 Å². The van der Waals surface area contributed by atoms with E-state index in [-0.39, 0.29) is 0 Å². The molecule has 1 aliphatic heterocycles. The van der Waals surface area contributed by atoms with E-state index >= 15 is 0 Å². The van der Waals surface area contributed by atoms with Gasteiger partial charge in [-0.2, -0.15) is 0 Å². The number of rotatable bonds is 3. The van der Waals surface area contributed by atoms with Gasteiger partial charge in [-0.15, -0.1) is 0 Å². The van der Waals surface area contributed by atoms with Crippen LogP contribution >= 0.6 is 27.7 Å². The van der Waals surface area contributed by atoms with Gasteiger partial charge in [-0.05, 0) is 61.5 Å². The minimum atomic E-state index is 1.06. The van der Waals surface area contributed by atoms with Crippen LogP contribution in [-0.2, 0) is 0 Å². The van der Waals surface area contributed by atoms with Gasteiger partial charge in [0.25, 0.3) is 0 Å². The van der Waals surface area contributed by atoms with Crippen LogP contribution in [0.3, 0.4) is 0 Å². The third-order valence-corrected chi connectivity index (χ3v) is 5.20. The van der Waals surface area contributed by atoms with Gasteiger partial charge in [0, 0.05) is 20.8 Å². The second-order valence-corrected chi connectivity index (χ2v) is 7.45. The van der Waals surface area contributed by atoms with E-state index in [1.807, 2.05) is 11.8 Å². The molecule has 1 aliphatic rings. The molecule has 1 nitrogen and oxygen atoms in total. The van der Waals surface area contributed by atoms with Gasteiger partial charge >= 0.3 is 0 Å². The Labute approximate surface area is 139 Å². The molecule has 0 atom stereocenters. The first-order valence-corrected chi connectivity index (χ1v) is 8.68. The van der Waals surface area contributed by atoms with Crippen LogP contribution in [0.1, 0.15) is 17.5 Å². The Balaban J connectivity index is 2.06. The fourth-order valence-corrected chi connectivity index (χ4v) is 3.98. The van der Waals surface area contributed by atoms with Gasteiger partial charge in [-0.25, -0.2) is 0 Å². The molecule has 1 heterocycles. The molecule has 0 amide bonds. The molecule has 0 saturated heterocycles. The number of hydrogen-bond acceptors (Lipinski definition) is 2. The van der Waals surface area contributed by atoms with Crippen LogP contribution < -0.4 is 0 Å². The number of halogens is 1. The molecule has 0 spiro atoms. The second-order valence-electron chi connectivity index (χ2n) is 5.45. The molecule has 0 N–H and O–H groups in total. The summed E-state index contributed by atoms with van der Waals surface area (Å²) in [5, 5.41) is 0. The summed E-state index contributed by atoms with van der Waals surface area (Å²) >= 11 is 5.47. The number of fused-ring (bicyclic) bond motifs is 2. The van der Waals surface area contributed by atoms with Crippen LogP contribution in [-0.4, -0.2) is 25.5 Å². The standard InChI is InChI=1S/C18H18BrNS/c1-20(2)11-5-7-14-15-6-3-4-8-17(15)21-18-10-9-13(19)12-16(14)18/h3-4,6-10,12H,5,11H2,1-2H3/b14-7-. The molecule has 2 aromatic rings. The predicted octanol–water partition coefficient (Wildman–Crippen LogP) is 5.30. The van der Waals surface area contributed by atoms with Crippen molar-refractivity contribution in [2.24, 2.45) is 0 Å². The summed E-state index contributed by atoms with van der Waals surface area (Å²) in [4.78, 5) is 4.92. The molecule has 2 aromatic carbocycles. The van der Waals surface area contributed by atoms with E-state index in [1.165, 1.54) is 26.5 Å². The Hall–Kier alpha value is -1.03. The smallest absolute Gasteiger partial charge is 0.0201 e. The van der Waals surface area contributed by atoms with E-state index in [0.29, 0.717) is 0 Å². The van der Waals surface area contributed by atoms with E-state index < -0.39 is 0 Å². The lowest BCUT2D eigenvalue weighted by Crippen LogP contribution is -2.12. The second kappa shape index (κ2) is 6.39. The highest BCUT2D eigenvalue weighted by Gasteiger charge is 2.20. The van der Waals surface area contributed by atoms with E-state index in [4.69, 9.17) is 0 Å². The fourth-order valence-electron chi connectivity index (χ4n) is 2.53. The Bertz CT molecular complexity index is 691. The number of nitrogens with zero attached hydrogens (tertiary/aromatic N) is 1. The van der Waals surface area contributed by atoms with Crippen LogP contribution in [0, 0.1) is 0 Å². The molecule has 0 aliphatic carbocycles. The van der Waals surface area contributed by atoms with Crippen molar-refractivity contribution in [3.8, 4) is 0 Å². The van der Waals surface area contributed by atoms with E-state index in [0.717, 1.165) is 17.4 Å². The average Bonchev–Trinajstić information content (AvgIpc) is 2.46. The lowest BCUT2D eigenvalue weighted by Gasteiger charge is -2.22. The number of hydrogen-bond donors (Lipinski definition) is 0. The Morgan fingerprint density at radius 3 is 2.62 bits per heavy atom. The maximum absolute atomic E-state index is 3.60. The SMILES string of the molecule is CN(C)CC/C=C1/c2ccccc2Sc2ccc(Br)cc21. The molecule has 0 bridgehead atoms. The van der Waals surface area contributed by atoms with Gasteiger partial charge in [0.05, 0.1) is 0 Å². The highest BCUT2D eigenvalue weighted by atomic mass is 79.9. The maximum Gasteiger partial charge on any atom is 0.0201 e. The van der Waals surface area contributed by atoms with Crippen LogP contribution in [0.15, 0.2) is 62.8 Å². The summed E-state index contributed by atoms with van der Waals surface area (Å²) in [6.07, 6.45) is 3.44. The average molecular weight is 360 g/mol. The van der Waals surface area contributed by atoms with Crippen LogP contribution in [0.25, 0.3) is 5.57 Å².